The summed E-state index contributed by atoms with van der Waals surface area (Å²) in [6, 6.07) is 0.843. The lowest BCUT2D eigenvalue weighted by atomic mass is 10.6. The van der Waals surface area contributed by atoms with E-state index in [1.165, 1.54) is 6.54 Å². The molecule has 1 rings (SSSR count). The van der Waals surface area contributed by atoms with E-state index in [1.54, 1.807) is 0 Å². The first kappa shape index (κ1) is 3.85. The molecule has 0 saturated carbocycles. The van der Waals surface area contributed by atoms with E-state index in [0.717, 1.165) is 6.04 Å². The van der Waals surface area contributed by atoms with Crippen LogP contribution in [0.4, 0.5) is 0 Å². The fourth-order valence-electron chi connectivity index (χ4n) is 0.618. The van der Waals surface area contributed by atoms with Crippen LogP contribution in [0.3, 0.4) is 0 Å². The molecule has 6 heavy (non-hydrogen) atoms. The van der Waals surface area contributed by atoms with E-state index >= 15 is 0 Å². The van der Waals surface area contributed by atoms with E-state index < -0.39 is 0 Å². The Hall–Kier alpha value is -0.330. The van der Waals surface area contributed by atoms with Gasteiger partial charge in [0.25, 0.3) is 0 Å². The summed E-state index contributed by atoms with van der Waals surface area (Å²) in [4.78, 5) is 0. The van der Waals surface area contributed by atoms with Crippen molar-refractivity contribution in [2.45, 2.75) is 19.9 Å². The zero-order valence-corrected chi connectivity index (χ0v) is 4.31. The maximum Gasteiger partial charge on any atom is 0.207 e. The first-order valence-corrected chi connectivity index (χ1v) is 2.40. The van der Waals surface area contributed by atoms with Crippen LogP contribution in [0, 0.1) is 0 Å². The molecule has 0 aromatic carbocycles. The van der Waals surface area contributed by atoms with Gasteiger partial charge in [-0.05, 0) is 0 Å². The van der Waals surface area contributed by atoms with Crippen LogP contribution in [-0.4, -0.2) is 23.4 Å². The van der Waals surface area contributed by atoms with E-state index in [-0.39, 0.29) is 0 Å². The normalized spacial score (nSPS) is 37.7. The second-order valence-corrected chi connectivity index (χ2v) is 1.80. The Morgan fingerprint density at radius 3 is 2.33 bits per heavy atom. The van der Waals surface area contributed by atoms with Gasteiger partial charge in [0, 0.05) is 13.8 Å². The minimum absolute atomic E-state index is 0.843. The van der Waals surface area contributed by atoms with Crippen molar-refractivity contribution in [3.05, 3.63) is 0 Å². The molecule has 0 N–H and O–H groups in total. The topological polar surface area (TPSA) is 3.01 Å². The van der Waals surface area contributed by atoms with Gasteiger partial charge in [-0.15, -0.1) is 0 Å². The second kappa shape index (κ2) is 1.07. The zero-order valence-electron chi connectivity index (χ0n) is 4.31. The predicted molar refractivity (Wildman–Crippen MR) is 26.3 cm³/mol. The van der Waals surface area contributed by atoms with Crippen molar-refractivity contribution in [2.24, 2.45) is 0 Å². The summed E-state index contributed by atoms with van der Waals surface area (Å²) < 4.78 is 2.29. The molecule has 0 radical (unpaired) electrons. The molecule has 1 heterocycles. The van der Waals surface area contributed by atoms with Crippen LogP contribution in [0.1, 0.15) is 13.8 Å². The zero-order chi connectivity index (χ0) is 4.57. The summed E-state index contributed by atoms with van der Waals surface area (Å²) in [7, 11) is 0. The van der Waals surface area contributed by atoms with Gasteiger partial charge in [0.2, 0.25) is 12.6 Å². The van der Waals surface area contributed by atoms with Crippen LogP contribution in [0.25, 0.3) is 0 Å². The van der Waals surface area contributed by atoms with E-state index in [2.05, 4.69) is 24.6 Å². The average molecular weight is 84.1 g/mol. The molecule has 34 valence electrons. The van der Waals surface area contributed by atoms with E-state index in [4.69, 9.17) is 0 Å². The van der Waals surface area contributed by atoms with Crippen molar-refractivity contribution in [3.63, 3.8) is 0 Å². The largest absolute Gasteiger partial charge is 0.224 e. The third kappa shape index (κ3) is 0.445. The van der Waals surface area contributed by atoms with Crippen molar-refractivity contribution in [1.29, 1.82) is 0 Å². The monoisotopic (exact) mass is 84.1 g/mol. The minimum atomic E-state index is 0.843. The van der Waals surface area contributed by atoms with Crippen LogP contribution in [0.5, 0.6) is 0 Å². The maximum atomic E-state index is 2.29. The molecule has 1 aliphatic heterocycles. The Bertz CT molecular complexity index is 83.9. The summed E-state index contributed by atoms with van der Waals surface area (Å²) in [5.41, 5.74) is 0. The molecule has 1 heteroatoms. The second-order valence-electron chi connectivity index (χ2n) is 1.80. The summed E-state index contributed by atoms with van der Waals surface area (Å²) in [6.07, 6.45) is 2.13. The molecule has 1 aliphatic rings. The Kier molecular flexibility index (Phi) is 0.685. The highest BCUT2D eigenvalue weighted by molar-refractivity contribution is 5.47. The molecule has 1 nitrogen and oxygen atoms in total. The summed E-state index contributed by atoms with van der Waals surface area (Å²) in [6.45, 7) is 5.57. The lowest BCUT2D eigenvalue weighted by Gasteiger charge is -1.57. The summed E-state index contributed by atoms with van der Waals surface area (Å²) in [5.74, 6) is 0. The van der Waals surface area contributed by atoms with Gasteiger partial charge >= 0.3 is 0 Å². The first-order chi connectivity index (χ1) is 2.84. The van der Waals surface area contributed by atoms with Crippen LogP contribution in [-0.2, 0) is 0 Å². The molecule has 1 unspecified atom stereocenters. The molecule has 1 saturated heterocycles. The number of hydrogen-bond donors (Lipinski definition) is 0. The van der Waals surface area contributed by atoms with Gasteiger partial charge in [-0.3, -0.25) is 0 Å². The minimum Gasteiger partial charge on any atom is -0.224 e. The average Bonchev–Trinajstić information content (AvgIpc) is 2.19. The van der Waals surface area contributed by atoms with Crippen molar-refractivity contribution < 1.29 is 4.58 Å². The predicted octanol–water partition coefficient (Wildman–Crippen LogP) is 0.492. The number of rotatable bonds is 0. The van der Waals surface area contributed by atoms with Crippen LogP contribution in [0.15, 0.2) is 0 Å². The van der Waals surface area contributed by atoms with E-state index in [9.17, 15) is 0 Å². The maximum absolute atomic E-state index is 2.29. The fraction of sp³-hybridized carbons (Fsp3) is 0.800. The molecule has 0 amide bonds. The molecule has 1 atom stereocenters. The highest BCUT2D eigenvalue weighted by Gasteiger charge is 2.32. The van der Waals surface area contributed by atoms with Gasteiger partial charge in [0.05, 0.1) is 0 Å². The van der Waals surface area contributed by atoms with Crippen molar-refractivity contribution >= 4 is 6.21 Å². The van der Waals surface area contributed by atoms with Crippen molar-refractivity contribution in [2.75, 3.05) is 6.54 Å². The Labute approximate surface area is 38.3 Å². The van der Waals surface area contributed by atoms with Crippen LogP contribution < -0.4 is 0 Å². The molecule has 0 aromatic heterocycles. The Balaban J connectivity index is 2.44. The highest BCUT2D eigenvalue weighted by Crippen LogP contribution is 2.04. The summed E-state index contributed by atoms with van der Waals surface area (Å²) >= 11 is 0. The van der Waals surface area contributed by atoms with Gasteiger partial charge in [-0.25, -0.2) is 4.58 Å². The standard InChI is InChI=1S/C5H10N/c1-3-6-4-5(6)2/h3,5H,4H2,1-2H3/q+1. The molecule has 0 aliphatic carbocycles. The SMILES string of the molecule is CC=[N+]1CC1C. The van der Waals surface area contributed by atoms with Gasteiger partial charge < -0.3 is 0 Å². The van der Waals surface area contributed by atoms with E-state index in [1.807, 2.05) is 0 Å². The highest BCUT2D eigenvalue weighted by atomic mass is 15.2. The number of nitrogens with zero attached hydrogens (tertiary/aromatic N) is 1. The molecular formula is C5H10N+. The number of hydrogen-bond acceptors (Lipinski definition) is 0. The van der Waals surface area contributed by atoms with Gasteiger partial charge in [-0.1, -0.05) is 0 Å². The van der Waals surface area contributed by atoms with Gasteiger partial charge in [-0.2, -0.15) is 0 Å². The Morgan fingerprint density at radius 2 is 2.33 bits per heavy atom. The molecular weight excluding hydrogens is 74.1 g/mol. The molecule has 0 aromatic rings. The van der Waals surface area contributed by atoms with Crippen molar-refractivity contribution in [3.8, 4) is 0 Å². The molecule has 0 bridgehead atoms. The van der Waals surface area contributed by atoms with Crippen LogP contribution in [0.2, 0.25) is 0 Å². The third-order valence-corrected chi connectivity index (χ3v) is 1.24. The fourth-order valence-corrected chi connectivity index (χ4v) is 0.618. The summed E-state index contributed by atoms with van der Waals surface area (Å²) in [5, 5.41) is 0. The Morgan fingerprint density at radius 1 is 1.83 bits per heavy atom. The molecule has 1 fully saturated rings. The first-order valence-electron chi connectivity index (χ1n) is 2.40. The van der Waals surface area contributed by atoms with Crippen LogP contribution >= 0.6 is 0 Å². The quantitative estimate of drug-likeness (QED) is 0.297. The van der Waals surface area contributed by atoms with E-state index in [0.29, 0.717) is 0 Å². The third-order valence-electron chi connectivity index (χ3n) is 1.24. The smallest absolute Gasteiger partial charge is 0.207 e. The van der Waals surface area contributed by atoms with Gasteiger partial charge in [0.1, 0.15) is 6.21 Å². The van der Waals surface area contributed by atoms with Gasteiger partial charge in [0.15, 0.2) is 0 Å². The molecule has 0 spiro atoms. The van der Waals surface area contributed by atoms with Crippen molar-refractivity contribution in [1.82, 2.24) is 0 Å². The lowest BCUT2D eigenvalue weighted by molar-refractivity contribution is -0.352. The lowest BCUT2D eigenvalue weighted by Crippen LogP contribution is -1.79.